The molecule has 3 aromatic rings. The Morgan fingerprint density at radius 1 is 1.19 bits per heavy atom. The van der Waals surface area contributed by atoms with E-state index in [0.29, 0.717) is 17.5 Å². The van der Waals surface area contributed by atoms with E-state index in [4.69, 9.17) is 4.98 Å². The molecule has 4 rings (SSSR count). The van der Waals surface area contributed by atoms with Crippen molar-refractivity contribution in [2.45, 2.75) is 67.3 Å². The molecule has 0 atom stereocenters. The fourth-order valence-corrected chi connectivity index (χ4v) is 7.20. The van der Waals surface area contributed by atoms with Gasteiger partial charge in [-0.25, -0.2) is 17.7 Å². The van der Waals surface area contributed by atoms with Gasteiger partial charge < -0.3 is 4.57 Å². The first-order chi connectivity index (χ1) is 15.4. The zero-order valence-corrected chi connectivity index (χ0v) is 21.8. The highest BCUT2D eigenvalue weighted by molar-refractivity contribution is 9.10. The van der Waals surface area contributed by atoms with Gasteiger partial charge in [-0.1, -0.05) is 72.1 Å². The van der Waals surface area contributed by atoms with Crippen LogP contribution in [0.5, 0.6) is 0 Å². The molecule has 1 aromatic heterocycles. The zero-order valence-electron chi connectivity index (χ0n) is 18.6. The number of unbranched alkanes of at least 4 members (excludes halogenated alkanes) is 1. The Labute approximate surface area is 203 Å². The van der Waals surface area contributed by atoms with Crippen LogP contribution in [0.1, 0.15) is 57.1 Å². The highest BCUT2D eigenvalue weighted by Crippen LogP contribution is 2.38. The highest BCUT2D eigenvalue weighted by Gasteiger charge is 2.26. The second-order valence-corrected chi connectivity index (χ2v) is 12.3. The Morgan fingerprint density at radius 3 is 2.66 bits per heavy atom. The number of sulfonamides is 1. The fourth-order valence-electron chi connectivity index (χ4n) is 4.27. The Kier molecular flexibility index (Phi) is 7.65. The minimum atomic E-state index is -3.52. The summed E-state index contributed by atoms with van der Waals surface area (Å²) >= 11 is 5.36. The number of hydrogen-bond acceptors (Lipinski definition) is 4. The molecule has 0 spiro atoms. The SMILES string of the molecule is CCCCN(C)S(=O)(=O)c1ccc2c(c1)nc(SCc1ccccc1Br)n2C1CCCC1. The van der Waals surface area contributed by atoms with Crippen molar-refractivity contribution in [1.29, 1.82) is 0 Å². The molecule has 0 bridgehead atoms. The van der Waals surface area contributed by atoms with Crippen LogP contribution in [0, 0.1) is 0 Å². The maximum Gasteiger partial charge on any atom is 0.242 e. The maximum atomic E-state index is 13.1. The number of halogens is 1. The van der Waals surface area contributed by atoms with Gasteiger partial charge in [-0.05, 0) is 49.1 Å². The molecule has 2 aromatic carbocycles. The van der Waals surface area contributed by atoms with Crippen LogP contribution in [0.3, 0.4) is 0 Å². The molecule has 0 unspecified atom stereocenters. The van der Waals surface area contributed by atoms with Gasteiger partial charge in [-0.15, -0.1) is 0 Å². The molecule has 0 radical (unpaired) electrons. The second kappa shape index (κ2) is 10.3. The number of rotatable bonds is 9. The van der Waals surface area contributed by atoms with Gasteiger partial charge in [-0.3, -0.25) is 0 Å². The van der Waals surface area contributed by atoms with Crippen LogP contribution in [0.2, 0.25) is 0 Å². The van der Waals surface area contributed by atoms with Gasteiger partial charge >= 0.3 is 0 Å². The topological polar surface area (TPSA) is 55.2 Å². The van der Waals surface area contributed by atoms with Gasteiger partial charge in [-0.2, -0.15) is 0 Å². The molecule has 0 saturated heterocycles. The summed E-state index contributed by atoms with van der Waals surface area (Å²) in [4.78, 5) is 5.25. The minimum Gasteiger partial charge on any atom is -0.316 e. The van der Waals surface area contributed by atoms with Gasteiger partial charge in [0.15, 0.2) is 5.16 Å². The maximum absolute atomic E-state index is 13.1. The Morgan fingerprint density at radius 2 is 1.94 bits per heavy atom. The molecule has 1 saturated carbocycles. The summed E-state index contributed by atoms with van der Waals surface area (Å²) < 4.78 is 31.0. The number of imidazole rings is 1. The summed E-state index contributed by atoms with van der Waals surface area (Å²) in [5.74, 6) is 0.808. The van der Waals surface area contributed by atoms with Gasteiger partial charge in [0, 0.05) is 29.9 Å². The molecular weight excluding hydrogens is 506 g/mol. The summed E-state index contributed by atoms with van der Waals surface area (Å²) in [7, 11) is -1.86. The standard InChI is InChI=1S/C24H30BrN3O2S2/c1-3-4-15-27(2)32(29,30)20-13-14-23-22(16-20)26-24(28(23)19-10-6-7-11-19)31-17-18-9-5-8-12-21(18)25/h5,8-9,12-14,16,19H,3-4,6-7,10-11,15,17H2,1-2H3. The highest BCUT2D eigenvalue weighted by atomic mass is 79.9. The molecule has 8 heteroatoms. The van der Waals surface area contributed by atoms with Crippen molar-refractivity contribution < 1.29 is 8.42 Å². The summed E-state index contributed by atoms with van der Waals surface area (Å²) in [6.45, 7) is 2.59. The van der Waals surface area contributed by atoms with Crippen LogP contribution in [-0.4, -0.2) is 35.9 Å². The van der Waals surface area contributed by atoms with E-state index in [9.17, 15) is 8.42 Å². The van der Waals surface area contributed by atoms with E-state index in [0.717, 1.165) is 52.1 Å². The first-order valence-electron chi connectivity index (χ1n) is 11.3. The second-order valence-electron chi connectivity index (χ2n) is 8.41. The van der Waals surface area contributed by atoms with Crippen molar-refractivity contribution >= 4 is 48.7 Å². The fraction of sp³-hybridized carbons (Fsp3) is 0.458. The van der Waals surface area contributed by atoms with E-state index >= 15 is 0 Å². The van der Waals surface area contributed by atoms with Crippen LogP contribution in [0.25, 0.3) is 11.0 Å². The summed E-state index contributed by atoms with van der Waals surface area (Å²) in [5.41, 5.74) is 3.02. The number of aromatic nitrogens is 2. The van der Waals surface area contributed by atoms with Crippen LogP contribution in [-0.2, 0) is 15.8 Å². The van der Waals surface area contributed by atoms with Gasteiger partial charge in [0.25, 0.3) is 0 Å². The van der Waals surface area contributed by atoms with Crippen molar-refractivity contribution in [2.75, 3.05) is 13.6 Å². The molecule has 0 amide bonds. The lowest BCUT2D eigenvalue weighted by atomic mass is 10.2. The third-order valence-corrected chi connectivity index (χ3v) is 9.80. The molecule has 1 fully saturated rings. The van der Waals surface area contributed by atoms with Crippen molar-refractivity contribution in [2.24, 2.45) is 0 Å². The lowest BCUT2D eigenvalue weighted by molar-refractivity contribution is 0.459. The number of nitrogens with zero attached hydrogens (tertiary/aromatic N) is 3. The van der Waals surface area contributed by atoms with Crippen molar-refractivity contribution in [1.82, 2.24) is 13.9 Å². The van der Waals surface area contributed by atoms with Crippen molar-refractivity contribution in [3.63, 3.8) is 0 Å². The van der Waals surface area contributed by atoms with Gasteiger partial charge in [0.2, 0.25) is 10.0 Å². The molecule has 0 N–H and O–H groups in total. The van der Waals surface area contributed by atoms with E-state index in [2.05, 4.69) is 39.6 Å². The smallest absolute Gasteiger partial charge is 0.242 e. The molecular formula is C24H30BrN3O2S2. The van der Waals surface area contributed by atoms with Gasteiger partial charge in [0.05, 0.1) is 15.9 Å². The van der Waals surface area contributed by atoms with E-state index in [1.807, 2.05) is 18.2 Å². The van der Waals surface area contributed by atoms with E-state index in [-0.39, 0.29) is 0 Å². The predicted molar refractivity (Wildman–Crippen MR) is 136 cm³/mol. The number of hydrogen-bond donors (Lipinski definition) is 0. The summed E-state index contributed by atoms with van der Waals surface area (Å²) in [5, 5.41) is 0.969. The average molecular weight is 537 g/mol. The Balaban J connectivity index is 1.69. The zero-order chi connectivity index (χ0) is 22.7. The monoisotopic (exact) mass is 535 g/mol. The van der Waals surface area contributed by atoms with Gasteiger partial charge in [0.1, 0.15) is 0 Å². The number of benzene rings is 2. The normalized spacial score (nSPS) is 15.2. The molecule has 1 aliphatic carbocycles. The molecule has 1 aliphatic rings. The quantitative estimate of drug-likeness (QED) is 0.288. The molecule has 0 aliphatic heterocycles. The third-order valence-electron chi connectivity index (χ3n) is 6.17. The van der Waals surface area contributed by atoms with Crippen LogP contribution < -0.4 is 0 Å². The van der Waals surface area contributed by atoms with Crippen molar-refractivity contribution in [3.8, 4) is 0 Å². The van der Waals surface area contributed by atoms with Crippen LogP contribution >= 0.6 is 27.7 Å². The number of thioether (sulfide) groups is 1. The molecule has 172 valence electrons. The predicted octanol–water partition coefficient (Wildman–Crippen LogP) is 6.63. The van der Waals surface area contributed by atoms with E-state index in [1.165, 1.54) is 22.7 Å². The third kappa shape index (κ3) is 4.93. The summed E-state index contributed by atoms with van der Waals surface area (Å²) in [6.07, 6.45) is 6.56. The summed E-state index contributed by atoms with van der Waals surface area (Å²) in [6, 6.07) is 14.1. The van der Waals surface area contributed by atoms with E-state index < -0.39 is 10.0 Å². The molecule has 32 heavy (non-hydrogen) atoms. The number of fused-ring (bicyclic) bond motifs is 1. The molecule has 1 heterocycles. The minimum absolute atomic E-state index is 0.321. The van der Waals surface area contributed by atoms with Crippen LogP contribution in [0.4, 0.5) is 0 Å². The largest absolute Gasteiger partial charge is 0.316 e. The first-order valence-corrected chi connectivity index (χ1v) is 14.5. The first kappa shape index (κ1) is 23.8. The van der Waals surface area contributed by atoms with E-state index in [1.54, 1.807) is 30.9 Å². The average Bonchev–Trinajstić information content (AvgIpc) is 3.43. The Bertz CT molecular complexity index is 1190. The lowest BCUT2D eigenvalue weighted by Gasteiger charge is -2.18. The van der Waals surface area contributed by atoms with Crippen molar-refractivity contribution in [3.05, 3.63) is 52.5 Å². The Hall–Kier alpha value is -1.35. The lowest BCUT2D eigenvalue weighted by Crippen LogP contribution is -2.27. The van der Waals surface area contributed by atoms with Crippen LogP contribution in [0.15, 0.2) is 57.0 Å². The molecule has 5 nitrogen and oxygen atoms in total.